The van der Waals surface area contributed by atoms with E-state index in [0.717, 1.165) is 0 Å². The van der Waals surface area contributed by atoms with Crippen molar-refractivity contribution in [3.63, 3.8) is 0 Å². The Labute approximate surface area is 101 Å². The number of aromatic nitrogens is 1. The number of halogens is 2. The number of rotatable bonds is 4. The molecule has 0 spiro atoms. The molecular weight excluding hydrogens is 244 g/mol. The van der Waals surface area contributed by atoms with Gasteiger partial charge in [-0.05, 0) is 24.3 Å². The van der Waals surface area contributed by atoms with Gasteiger partial charge in [0.05, 0.1) is 11.4 Å². The Morgan fingerprint density at radius 1 is 1.18 bits per heavy atom. The van der Waals surface area contributed by atoms with Gasteiger partial charge in [-0.3, -0.25) is 4.79 Å². The summed E-state index contributed by atoms with van der Waals surface area (Å²) in [5.41, 5.74) is 1.03. The lowest BCUT2D eigenvalue weighted by Crippen LogP contribution is -1.99. The first kappa shape index (κ1) is 11.9. The molecule has 0 N–H and O–H groups in total. The molecule has 88 valence electrons. The summed E-state index contributed by atoms with van der Waals surface area (Å²) < 4.78 is 26.4. The van der Waals surface area contributed by atoms with E-state index < -0.39 is 5.76 Å². The molecule has 0 unspecified atom stereocenters. The molecule has 0 aliphatic heterocycles. The zero-order chi connectivity index (χ0) is 12.3. The molecule has 1 aromatic heterocycles. The Morgan fingerprint density at radius 3 is 2.65 bits per heavy atom. The summed E-state index contributed by atoms with van der Waals surface area (Å²) >= 11 is 0.472. The van der Waals surface area contributed by atoms with Gasteiger partial charge in [0.25, 0.3) is 5.76 Å². The fraction of sp³-hybridized carbons (Fsp3) is 0.0833. The minimum atomic E-state index is -2.48. The molecule has 17 heavy (non-hydrogen) atoms. The van der Waals surface area contributed by atoms with E-state index in [1.165, 1.54) is 0 Å². The fourth-order valence-electron chi connectivity index (χ4n) is 1.56. The van der Waals surface area contributed by atoms with Crippen LogP contribution >= 0.6 is 11.8 Å². The second-order valence-corrected chi connectivity index (χ2v) is 4.30. The molecule has 0 amide bonds. The fourth-order valence-corrected chi connectivity index (χ4v) is 2.20. The number of nitrogens with zero attached hydrogens (tertiary/aromatic N) is 1. The van der Waals surface area contributed by atoms with Gasteiger partial charge in [-0.2, -0.15) is 8.78 Å². The molecule has 0 bridgehead atoms. The van der Waals surface area contributed by atoms with E-state index in [-0.39, 0.29) is 0 Å². The molecule has 0 fully saturated rings. The molecule has 2 aromatic rings. The first-order valence-corrected chi connectivity index (χ1v) is 5.77. The molecule has 0 aliphatic rings. The number of alkyl halides is 2. The molecule has 5 heteroatoms. The number of thioether (sulfide) groups is 1. The van der Waals surface area contributed by atoms with Gasteiger partial charge in [0.15, 0.2) is 6.29 Å². The van der Waals surface area contributed by atoms with Gasteiger partial charge >= 0.3 is 0 Å². The van der Waals surface area contributed by atoms with Crippen LogP contribution in [0.4, 0.5) is 8.78 Å². The Hall–Kier alpha value is -1.62. The van der Waals surface area contributed by atoms with Crippen molar-refractivity contribution in [2.75, 3.05) is 0 Å². The maximum Gasteiger partial charge on any atom is 0.288 e. The lowest BCUT2D eigenvalue weighted by molar-refractivity contribution is 0.111. The Balaban J connectivity index is 2.48. The van der Waals surface area contributed by atoms with E-state index in [1.807, 2.05) is 0 Å². The van der Waals surface area contributed by atoms with E-state index in [9.17, 15) is 13.6 Å². The van der Waals surface area contributed by atoms with Crippen molar-refractivity contribution in [3.05, 3.63) is 48.3 Å². The van der Waals surface area contributed by atoms with Crippen LogP contribution in [0.3, 0.4) is 0 Å². The number of aldehydes is 1. The van der Waals surface area contributed by atoms with E-state index in [1.54, 1.807) is 47.2 Å². The highest BCUT2D eigenvalue weighted by atomic mass is 32.2. The molecule has 0 aliphatic carbocycles. The van der Waals surface area contributed by atoms with Crippen molar-refractivity contribution < 1.29 is 13.6 Å². The van der Waals surface area contributed by atoms with Gasteiger partial charge in [-0.15, -0.1) is 0 Å². The maximum absolute atomic E-state index is 12.4. The van der Waals surface area contributed by atoms with Crippen molar-refractivity contribution in [3.8, 4) is 5.69 Å². The minimum Gasteiger partial charge on any atom is -0.313 e. The standard InChI is InChI=1S/C12H9F2NOS/c13-12(14)17-11-6-2-1-5-10(11)15-7-3-4-9(15)8-16/h1-8,12H. The highest BCUT2D eigenvalue weighted by Gasteiger charge is 2.12. The second-order valence-electron chi connectivity index (χ2n) is 3.27. The third-order valence-electron chi connectivity index (χ3n) is 2.24. The monoisotopic (exact) mass is 253 g/mol. The van der Waals surface area contributed by atoms with Gasteiger partial charge in [-0.1, -0.05) is 23.9 Å². The normalized spacial score (nSPS) is 10.8. The average molecular weight is 253 g/mol. The topological polar surface area (TPSA) is 22.0 Å². The molecule has 1 heterocycles. The summed E-state index contributed by atoms with van der Waals surface area (Å²) in [5, 5.41) is 0. The largest absolute Gasteiger partial charge is 0.313 e. The van der Waals surface area contributed by atoms with Crippen LogP contribution in [0.1, 0.15) is 10.5 Å². The summed E-state index contributed by atoms with van der Waals surface area (Å²) in [7, 11) is 0. The summed E-state index contributed by atoms with van der Waals surface area (Å²) in [6.45, 7) is 0. The summed E-state index contributed by atoms with van der Waals surface area (Å²) in [5.74, 6) is -2.48. The Bertz CT molecular complexity index is 525. The summed E-state index contributed by atoms with van der Waals surface area (Å²) in [4.78, 5) is 11.3. The van der Waals surface area contributed by atoms with Crippen molar-refractivity contribution in [2.45, 2.75) is 10.7 Å². The third-order valence-corrected chi connectivity index (χ3v) is 3.02. The first-order chi connectivity index (χ1) is 8.22. The van der Waals surface area contributed by atoms with Gasteiger partial charge in [0.2, 0.25) is 0 Å². The van der Waals surface area contributed by atoms with Crippen LogP contribution < -0.4 is 0 Å². The third kappa shape index (κ3) is 2.55. The van der Waals surface area contributed by atoms with E-state index >= 15 is 0 Å². The summed E-state index contributed by atoms with van der Waals surface area (Å²) in [6, 6.07) is 10.1. The number of hydrogen-bond donors (Lipinski definition) is 0. The Kier molecular flexibility index (Phi) is 3.58. The highest BCUT2D eigenvalue weighted by Crippen LogP contribution is 2.31. The number of carbonyl (C=O) groups excluding carboxylic acids is 1. The lowest BCUT2D eigenvalue weighted by atomic mass is 10.3. The van der Waals surface area contributed by atoms with Crippen molar-refractivity contribution >= 4 is 18.0 Å². The summed E-state index contributed by atoms with van der Waals surface area (Å²) in [6.07, 6.45) is 2.37. The number of para-hydroxylation sites is 1. The van der Waals surface area contributed by atoms with Gasteiger partial charge in [-0.25, -0.2) is 0 Å². The molecule has 2 nitrogen and oxygen atoms in total. The van der Waals surface area contributed by atoms with Crippen LogP contribution in [0.2, 0.25) is 0 Å². The highest BCUT2D eigenvalue weighted by molar-refractivity contribution is 7.99. The number of hydrogen-bond acceptors (Lipinski definition) is 2. The zero-order valence-corrected chi connectivity index (χ0v) is 9.53. The molecule has 0 saturated carbocycles. The lowest BCUT2D eigenvalue weighted by Gasteiger charge is -2.10. The molecule has 0 atom stereocenters. The van der Waals surface area contributed by atoms with E-state index in [0.29, 0.717) is 34.3 Å². The average Bonchev–Trinajstić information content (AvgIpc) is 2.77. The zero-order valence-electron chi connectivity index (χ0n) is 8.72. The van der Waals surface area contributed by atoms with E-state index in [4.69, 9.17) is 0 Å². The minimum absolute atomic E-state index is 0.437. The van der Waals surface area contributed by atoms with Crippen LogP contribution in [-0.4, -0.2) is 16.6 Å². The maximum atomic E-state index is 12.4. The molecule has 0 saturated heterocycles. The van der Waals surface area contributed by atoms with Crippen LogP contribution in [0.5, 0.6) is 0 Å². The van der Waals surface area contributed by atoms with Crippen molar-refractivity contribution in [1.82, 2.24) is 4.57 Å². The van der Waals surface area contributed by atoms with Gasteiger partial charge in [0, 0.05) is 11.1 Å². The first-order valence-electron chi connectivity index (χ1n) is 4.89. The van der Waals surface area contributed by atoms with Crippen LogP contribution in [0.25, 0.3) is 5.69 Å². The van der Waals surface area contributed by atoms with Gasteiger partial charge < -0.3 is 4.57 Å². The van der Waals surface area contributed by atoms with Gasteiger partial charge in [0.1, 0.15) is 0 Å². The van der Waals surface area contributed by atoms with Crippen molar-refractivity contribution in [2.24, 2.45) is 0 Å². The SMILES string of the molecule is O=Cc1cccn1-c1ccccc1SC(F)F. The van der Waals surface area contributed by atoms with Crippen LogP contribution in [0.15, 0.2) is 47.5 Å². The predicted octanol–water partition coefficient (Wildman–Crippen LogP) is 3.60. The van der Waals surface area contributed by atoms with Crippen molar-refractivity contribution in [1.29, 1.82) is 0 Å². The quantitative estimate of drug-likeness (QED) is 0.613. The van der Waals surface area contributed by atoms with Crippen LogP contribution in [-0.2, 0) is 0 Å². The molecular formula is C12H9F2NOS. The van der Waals surface area contributed by atoms with E-state index in [2.05, 4.69) is 0 Å². The predicted molar refractivity (Wildman–Crippen MR) is 63.0 cm³/mol. The molecule has 0 radical (unpaired) electrons. The molecule has 2 rings (SSSR count). The Morgan fingerprint density at radius 2 is 1.94 bits per heavy atom. The van der Waals surface area contributed by atoms with Crippen LogP contribution in [0, 0.1) is 0 Å². The number of benzene rings is 1. The smallest absolute Gasteiger partial charge is 0.288 e. The molecule has 1 aromatic carbocycles. The second kappa shape index (κ2) is 5.14. The number of carbonyl (C=O) groups is 1.